The number of thioether (sulfide) groups is 1. The summed E-state index contributed by atoms with van der Waals surface area (Å²) in [6, 6.07) is 7.07. The number of aliphatic hydroxyl groups is 5. The minimum Gasteiger partial charge on any atom is -0.394 e. The smallest absolute Gasteiger partial charge is 0.136 e. The van der Waals surface area contributed by atoms with E-state index in [0.29, 0.717) is 10.5 Å². The minimum atomic E-state index is -1.39. The van der Waals surface area contributed by atoms with Crippen LogP contribution in [0.3, 0.4) is 0 Å². The molecule has 20 heavy (non-hydrogen) atoms. The fourth-order valence-corrected chi connectivity index (χ4v) is 3.23. The van der Waals surface area contributed by atoms with E-state index in [0.717, 1.165) is 11.8 Å². The highest BCUT2D eigenvalue weighted by Crippen LogP contribution is 2.34. The summed E-state index contributed by atoms with van der Waals surface area (Å²) in [5.41, 5.74) is -0.160. The SMILES string of the molecule is OCc1ccccc1S[C@@H]1O[C@H](CO)[C@H](O)[C@H](O)[C@H]1O. The molecule has 6 nitrogen and oxygen atoms in total. The molecule has 7 heteroatoms. The molecule has 0 radical (unpaired) electrons. The molecule has 0 saturated carbocycles. The van der Waals surface area contributed by atoms with E-state index in [1.165, 1.54) is 0 Å². The second kappa shape index (κ2) is 6.86. The molecule has 1 aromatic rings. The molecule has 0 spiro atoms. The molecule has 1 aliphatic rings. The van der Waals surface area contributed by atoms with Crippen molar-refractivity contribution in [2.45, 2.75) is 41.4 Å². The Morgan fingerprint density at radius 3 is 2.35 bits per heavy atom. The predicted octanol–water partition coefficient (Wildman–Crippen LogP) is -0.929. The summed E-state index contributed by atoms with van der Waals surface area (Å²) in [4.78, 5) is 0.708. The van der Waals surface area contributed by atoms with Crippen LogP contribution in [0.1, 0.15) is 5.56 Å². The van der Waals surface area contributed by atoms with Crippen LogP contribution in [0.5, 0.6) is 0 Å². The lowest BCUT2D eigenvalue weighted by atomic mass is 10.0. The number of aliphatic hydroxyl groups excluding tert-OH is 5. The highest BCUT2D eigenvalue weighted by atomic mass is 32.2. The molecule has 0 aromatic heterocycles. The molecular weight excluding hydrogens is 284 g/mol. The molecule has 1 aromatic carbocycles. The van der Waals surface area contributed by atoms with E-state index in [1.54, 1.807) is 24.3 Å². The summed E-state index contributed by atoms with van der Waals surface area (Å²) in [5, 5.41) is 47.7. The first kappa shape index (κ1) is 15.7. The van der Waals surface area contributed by atoms with Gasteiger partial charge in [0.15, 0.2) is 0 Å². The fourth-order valence-electron chi connectivity index (χ4n) is 2.04. The summed E-state index contributed by atoms with van der Waals surface area (Å²) in [5.74, 6) is 0. The lowest BCUT2D eigenvalue weighted by molar-refractivity contribution is -0.205. The minimum absolute atomic E-state index is 0.152. The van der Waals surface area contributed by atoms with Gasteiger partial charge in [-0.1, -0.05) is 30.0 Å². The van der Waals surface area contributed by atoms with Gasteiger partial charge in [0.25, 0.3) is 0 Å². The van der Waals surface area contributed by atoms with Crippen LogP contribution in [0.15, 0.2) is 29.2 Å². The van der Waals surface area contributed by atoms with Crippen LogP contribution in [0.4, 0.5) is 0 Å². The van der Waals surface area contributed by atoms with Crippen molar-refractivity contribution in [3.05, 3.63) is 29.8 Å². The van der Waals surface area contributed by atoms with Gasteiger partial charge >= 0.3 is 0 Å². The Hall–Kier alpha value is -0.670. The largest absolute Gasteiger partial charge is 0.394 e. The van der Waals surface area contributed by atoms with Gasteiger partial charge in [0.2, 0.25) is 0 Å². The average molecular weight is 302 g/mol. The monoisotopic (exact) mass is 302 g/mol. The summed E-state index contributed by atoms with van der Waals surface area (Å²) in [7, 11) is 0. The van der Waals surface area contributed by atoms with Crippen LogP contribution < -0.4 is 0 Å². The van der Waals surface area contributed by atoms with E-state index >= 15 is 0 Å². The molecule has 1 heterocycles. The standard InChI is InChI=1S/C13H18O6S/c14-5-7-3-1-2-4-9(7)20-13-12(18)11(17)10(16)8(6-15)19-13/h1-4,8,10-18H,5-6H2/t8-,10+,11+,12-,13+/m1/s1. The van der Waals surface area contributed by atoms with Gasteiger partial charge in [-0.3, -0.25) is 0 Å². The van der Waals surface area contributed by atoms with Crippen molar-refractivity contribution in [3.8, 4) is 0 Å². The first-order chi connectivity index (χ1) is 9.58. The first-order valence-electron chi connectivity index (χ1n) is 6.24. The van der Waals surface area contributed by atoms with Crippen molar-refractivity contribution in [2.75, 3.05) is 6.61 Å². The zero-order valence-electron chi connectivity index (χ0n) is 10.7. The van der Waals surface area contributed by atoms with E-state index in [-0.39, 0.29) is 6.61 Å². The molecule has 0 aliphatic carbocycles. The lowest BCUT2D eigenvalue weighted by Crippen LogP contribution is -2.57. The Bertz CT molecular complexity index is 441. The molecule has 5 N–H and O–H groups in total. The number of hydrogen-bond acceptors (Lipinski definition) is 7. The van der Waals surface area contributed by atoms with Gasteiger partial charge in [-0.25, -0.2) is 0 Å². The molecule has 1 saturated heterocycles. The molecule has 5 atom stereocenters. The molecular formula is C13H18O6S. The molecule has 0 unspecified atom stereocenters. The molecule has 1 fully saturated rings. The maximum Gasteiger partial charge on any atom is 0.136 e. The van der Waals surface area contributed by atoms with Crippen molar-refractivity contribution < 1.29 is 30.3 Å². The molecule has 1 aliphatic heterocycles. The number of benzene rings is 1. The van der Waals surface area contributed by atoms with Crippen LogP contribution in [0, 0.1) is 0 Å². The fraction of sp³-hybridized carbons (Fsp3) is 0.538. The highest BCUT2D eigenvalue weighted by Gasteiger charge is 2.43. The second-order valence-corrected chi connectivity index (χ2v) is 5.72. The zero-order chi connectivity index (χ0) is 14.7. The van der Waals surface area contributed by atoms with Crippen LogP contribution in [0.2, 0.25) is 0 Å². The first-order valence-corrected chi connectivity index (χ1v) is 7.12. The average Bonchev–Trinajstić information content (AvgIpc) is 2.48. The second-order valence-electron chi connectivity index (χ2n) is 4.58. The van der Waals surface area contributed by atoms with E-state index in [2.05, 4.69) is 0 Å². The van der Waals surface area contributed by atoms with Gasteiger partial charge in [0.05, 0.1) is 13.2 Å². The Morgan fingerprint density at radius 2 is 1.70 bits per heavy atom. The Kier molecular flexibility index (Phi) is 5.39. The Balaban J connectivity index is 2.15. The lowest BCUT2D eigenvalue weighted by Gasteiger charge is -2.39. The van der Waals surface area contributed by atoms with Crippen LogP contribution in [-0.4, -0.2) is 62.0 Å². The maximum atomic E-state index is 9.95. The van der Waals surface area contributed by atoms with Gasteiger partial charge in [-0.15, -0.1) is 0 Å². The van der Waals surface area contributed by atoms with Gasteiger partial charge < -0.3 is 30.3 Å². The number of rotatable bonds is 4. The van der Waals surface area contributed by atoms with E-state index < -0.39 is 36.5 Å². The topological polar surface area (TPSA) is 110 Å². The summed E-state index contributed by atoms with van der Waals surface area (Å²) >= 11 is 1.13. The number of ether oxygens (including phenoxy) is 1. The van der Waals surface area contributed by atoms with E-state index in [4.69, 9.17) is 9.84 Å². The van der Waals surface area contributed by atoms with Crippen LogP contribution >= 0.6 is 11.8 Å². The van der Waals surface area contributed by atoms with Gasteiger partial charge in [0.1, 0.15) is 29.9 Å². The van der Waals surface area contributed by atoms with Crippen LogP contribution in [-0.2, 0) is 11.3 Å². The Morgan fingerprint density at radius 1 is 1.00 bits per heavy atom. The van der Waals surface area contributed by atoms with Crippen molar-refractivity contribution >= 4 is 11.8 Å². The van der Waals surface area contributed by atoms with Crippen molar-refractivity contribution in [2.24, 2.45) is 0 Å². The highest BCUT2D eigenvalue weighted by molar-refractivity contribution is 7.99. The normalized spacial score (nSPS) is 34.1. The zero-order valence-corrected chi connectivity index (χ0v) is 11.5. The van der Waals surface area contributed by atoms with Gasteiger partial charge in [-0.2, -0.15) is 0 Å². The third kappa shape index (κ3) is 3.15. The van der Waals surface area contributed by atoms with E-state index in [1.807, 2.05) is 0 Å². The molecule has 112 valence electrons. The Labute approximate surface area is 120 Å². The van der Waals surface area contributed by atoms with E-state index in [9.17, 15) is 20.4 Å². The third-order valence-electron chi connectivity index (χ3n) is 3.23. The van der Waals surface area contributed by atoms with Gasteiger partial charge in [0, 0.05) is 4.90 Å². The molecule has 0 bridgehead atoms. The summed E-state index contributed by atoms with van der Waals surface area (Å²) in [6.45, 7) is -0.607. The molecule has 0 amide bonds. The van der Waals surface area contributed by atoms with Crippen LogP contribution in [0.25, 0.3) is 0 Å². The van der Waals surface area contributed by atoms with Crippen molar-refractivity contribution in [3.63, 3.8) is 0 Å². The predicted molar refractivity (Wildman–Crippen MR) is 72.0 cm³/mol. The third-order valence-corrected chi connectivity index (χ3v) is 4.51. The molecule has 2 rings (SSSR count). The van der Waals surface area contributed by atoms with Gasteiger partial charge in [-0.05, 0) is 11.6 Å². The van der Waals surface area contributed by atoms with Crippen molar-refractivity contribution in [1.29, 1.82) is 0 Å². The quantitative estimate of drug-likeness (QED) is 0.489. The number of hydrogen-bond donors (Lipinski definition) is 5. The van der Waals surface area contributed by atoms with Crippen molar-refractivity contribution in [1.82, 2.24) is 0 Å². The maximum absolute atomic E-state index is 9.95. The summed E-state index contributed by atoms with van der Waals surface area (Å²) in [6.07, 6.45) is -4.96. The summed E-state index contributed by atoms with van der Waals surface area (Å²) < 4.78 is 5.41.